The number of aromatic nitrogens is 7. The van der Waals surface area contributed by atoms with Crippen molar-refractivity contribution in [3.8, 4) is 11.3 Å². The Labute approximate surface area is 161 Å². The molecule has 1 saturated heterocycles. The minimum atomic E-state index is -0.174. The van der Waals surface area contributed by atoms with Gasteiger partial charge in [-0.2, -0.15) is 15.3 Å². The summed E-state index contributed by atoms with van der Waals surface area (Å²) in [4.78, 5) is 26.5. The molecule has 10 heteroatoms. The highest BCUT2D eigenvalue weighted by Gasteiger charge is 2.28. The van der Waals surface area contributed by atoms with Gasteiger partial charge in [-0.05, 0) is 32.8 Å². The molecule has 4 rings (SSSR count). The minimum Gasteiger partial charge on any atom is -0.337 e. The molecule has 0 aliphatic carbocycles. The fourth-order valence-corrected chi connectivity index (χ4v) is 3.78. The van der Waals surface area contributed by atoms with Gasteiger partial charge in [0.05, 0.1) is 11.9 Å². The van der Waals surface area contributed by atoms with Crippen molar-refractivity contribution in [3.63, 3.8) is 0 Å². The largest absolute Gasteiger partial charge is 0.343 e. The number of carbonyl (C=O) groups excluding carboxylic acids is 1. The summed E-state index contributed by atoms with van der Waals surface area (Å²) >= 11 is 0. The Morgan fingerprint density at radius 1 is 1.25 bits per heavy atom. The summed E-state index contributed by atoms with van der Waals surface area (Å²) in [6.45, 7) is 5.73. The van der Waals surface area contributed by atoms with E-state index in [0.717, 1.165) is 29.9 Å². The molecule has 1 amide bonds. The first-order chi connectivity index (χ1) is 13.5. The molecule has 10 nitrogen and oxygen atoms in total. The molecular weight excluding hydrogens is 360 g/mol. The molecule has 3 aromatic rings. The van der Waals surface area contributed by atoms with Crippen LogP contribution < -0.4 is 5.69 Å². The van der Waals surface area contributed by atoms with Crippen LogP contribution in [0.1, 0.15) is 47.7 Å². The molecule has 0 spiro atoms. The average Bonchev–Trinajstić information content (AvgIpc) is 3.41. The lowest BCUT2D eigenvalue weighted by Gasteiger charge is -2.31. The zero-order chi connectivity index (χ0) is 19.8. The molecule has 1 aliphatic heterocycles. The zero-order valence-electron chi connectivity index (χ0n) is 16.3. The Kier molecular flexibility index (Phi) is 4.62. The summed E-state index contributed by atoms with van der Waals surface area (Å²) in [5.74, 6) is 0.905. The Balaban J connectivity index is 1.44. The minimum absolute atomic E-state index is 0.0614. The predicted molar refractivity (Wildman–Crippen MR) is 102 cm³/mol. The quantitative estimate of drug-likeness (QED) is 0.697. The van der Waals surface area contributed by atoms with Crippen LogP contribution >= 0.6 is 0 Å². The van der Waals surface area contributed by atoms with Gasteiger partial charge < -0.3 is 4.90 Å². The van der Waals surface area contributed by atoms with Gasteiger partial charge in [0.15, 0.2) is 0 Å². The van der Waals surface area contributed by atoms with Crippen LogP contribution in [0.25, 0.3) is 11.3 Å². The van der Waals surface area contributed by atoms with Gasteiger partial charge in [-0.15, -0.1) is 0 Å². The van der Waals surface area contributed by atoms with Crippen molar-refractivity contribution >= 4 is 5.91 Å². The first-order valence-electron chi connectivity index (χ1n) is 9.48. The SMILES string of the molecule is CCn1c(C2CCN(C(=O)c3cc(-c4cnn(C)c4C)n[nH]3)CC2)n[nH]c1=O. The van der Waals surface area contributed by atoms with Gasteiger partial charge in [0, 0.05) is 43.9 Å². The number of aryl methyl sites for hydroxylation is 1. The molecule has 4 heterocycles. The third-order valence-corrected chi connectivity index (χ3v) is 5.57. The van der Waals surface area contributed by atoms with Gasteiger partial charge in [0.1, 0.15) is 11.5 Å². The van der Waals surface area contributed by atoms with E-state index >= 15 is 0 Å². The van der Waals surface area contributed by atoms with Crippen molar-refractivity contribution in [3.05, 3.63) is 40.0 Å². The lowest BCUT2D eigenvalue weighted by Crippen LogP contribution is -2.38. The van der Waals surface area contributed by atoms with Crippen molar-refractivity contribution in [1.29, 1.82) is 0 Å². The number of hydrogen-bond acceptors (Lipinski definition) is 5. The van der Waals surface area contributed by atoms with E-state index in [1.54, 1.807) is 21.5 Å². The third-order valence-electron chi connectivity index (χ3n) is 5.57. The van der Waals surface area contributed by atoms with E-state index in [4.69, 9.17) is 0 Å². The van der Waals surface area contributed by atoms with Crippen LogP contribution in [0.4, 0.5) is 0 Å². The van der Waals surface area contributed by atoms with Crippen molar-refractivity contribution < 1.29 is 4.79 Å². The average molecular weight is 384 g/mol. The number of amides is 1. The van der Waals surface area contributed by atoms with Crippen molar-refractivity contribution in [2.75, 3.05) is 13.1 Å². The molecule has 1 aliphatic rings. The number of aromatic amines is 2. The van der Waals surface area contributed by atoms with E-state index < -0.39 is 0 Å². The standard InChI is InChI=1S/C18H24N8O2/c1-4-26-16(22-23-18(26)28)12-5-7-25(8-6-12)17(27)15-9-14(20-21-15)13-10-19-24(3)11(13)2/h9-10,12H,4-8H2,1-3H3,(H,20,21)(H,23,28). The second kappa shape index (κ2) is 7.10. The molecule has 2 N–H and O–H groups in total. The Hall–Kier alpha value is -3.17. The summed E-state index contributed by atoms with van der Waals surface area (Å²) < 4.78 is 3.45. The Morgan fingerprint density at radius 2 is 2.00 bits per heavy atom. The van der Waals surface area contributed by atoms with Crippen LogP contribution in [0.3, 0.4) is 0 Å². The van der Waals surface area contributed by atoms with Crippen molar-refractivity contribution in [2.45, 2.75) is 39.2 Å². The fourth-order valence-electron chi connectivity index (χ4n) is 3.78. The van der Waals surface area contributed by atoms with E-state index in [9.17, 15) is 9.59 Å². The fraction of sp³-hybridized carbons (Fsp3) is 0.500. The molecule has 3 aromatic heterocycles. The van der Waals surface area contributed by atoms with E-state index in [0.29, 0.717) is 31.0 Å². The number of carbonyl (C=O) groups is 1. The first kappa shape index (κ1) is 18.2. The summed E-state index contributed by atoms with van der Waals surface area (Å²) in [6, 6.07) is 1.78. The van der Waals surface area contributed by atoms with Crippen LogP contribution in [0.2, 0.25) is 0 Å². The van der Waals surface area contributed by atoms with Crippen molar-refractivity contribution in [2.24, 2.45) is 7.05 Å². The smallest absolute Gasteiger partial charge is 0.337 e. The molecule has 0 saturated carbocycles. The van der Waals surface area contributed by atoms with Crippen LogP contribution in [-0.4, -0.2) is 58.6 Å². The number of nitrogens with zero attached hydrogens (tertiary/aromatic N) is 6. The van der Waals surface area contributed by atoms with Crippen LogP contribution in [0.5, 0.6) is 0 Å². The molecule has 0 radical (unpaired) electrons. The topological polar surface area (TPSA) is 117 Å². The predicted octanol–water partition coefficient (Wildman–Crippen LogP) is 1.04. The summed E-state index contributed by atoms with van der Waals surface area (Å²) in [5, 5.41) is 18.1. The van der Waals surface area contributed by atoms with Crippen LogP contribution in [0, 0.1) is 6.92 Å². The summed E-state index contributed by atoms with van der Waals surface area (Å²) in [6.07, 6.45) is 3.31. The number of rotatable bonds is 4. The molecule has 0 bridgehead atoms. The van der Waals surface area contributed by atoms with E-state index in [1.807, 2.05) is 25.8 Å². The maximum Gasteiger partial charge on any atom is 0.343 e. The highest BCUT2D eigenvalue weighted by atomic mass is 16.2. The van der Waals surface area contributed by atoms with Gasteiger partial charge in [-0.1, -0.05) is 0 Å². The molecule has 0 aromatic carbocycles. The third kappa shape index (κ3) is 3.04. The van der Waals surface area contributed by atoms with Gasteiger partial charge in [-0.3, -0.25) is 19.1 Å². The summed E-state index contributed by atoms with van der Waals surface area (Å²) in [7, 11) is 1.87. The van der Waals surface area contributed by atoms with Crippen molar-refractivity contribution in [1.82, 2.24) is 39.6 Å². The number of hydrogen-bond donors (Lipinski definition) is 2. The summed E-state index contributed by atoms with van der Waals surface area (Å²) in [5.41, 5.74) is 2.92. The molecule has 0 unspecified atom stereocenters. The van der Waals surface area contributed by atoms with E-state index in [-0.39, 0.29) is 17.5 Å². The molecule has 1 fully saturated rings. The zero-order valence-corrected chi connectivity index (χ0v) is 16.3. The van der Waals surface area contributed by atoms with Gasteiger partial charge in [-0.25, -0.2) is 9.89 Å². The normalized spacial score (nSPS) is 15.3. The molecule has 0 atom stereocenters. The highest BCUT2D eigenvalue weighted by Crippen LogP contribution is 2.27. The Morgan fingerprint density at radius 3 is 2.64 bits per heavy atom. The van der Waals surface area contributed by atoms with Crippen LogP contribution in [-0.2, 0) is 13.6 Å². The maximum absolute atomic E-state index is 12.9. The molecular formula is C18H24N8O2. The number of piperidine rings is 1. The molecule has 28 heavy (non-hydrogen) atoms. The van der Waals surface area contributed by atoms with Gasteiger partial charge >= 0.3 is 5.69 Å². The monoisotopic (exact) mass is 384 g/mol. The number of likely N-dealkylation sites (tertiary alicyclic amines) is 1. The second-order valence-electron chi connectivity index (χ2n) is 7.13. The van der Waals surface area contributed by atoms with E-state index in [2.05, 4.69) is 25.5 Å². The van der Waals surface area contributed by atoms with Gasteiger partial charge in [0.2, 0.25) is 0 Å². The number of nitrogens with one attached hydrogen (secondary N) is 2. The highest BCUT2D eigenvalue weighted by molar-refractivity contribution is 5.93. The second-order valence-corrected chi connectivity index (χ2v) is 7.13. The number of H-pyrrole nitrogens is 2. The lowest BCUT2D eigenvalue weighted by atomic mass is 9.95. The Bertz CT molecular complexity index is 1050. The maximum atomic E-state index is 12.9. The van der Waals surface area contributed by atoms with Crippen LogP contribution in [0.15, 0.2) is 17.1 Å². The molecule has 148 valence electrons. The van der Waals surface area contributed by atoms with Gasteiger partial charge in [0.25, 0.3) is 5.91 Å². The lowest BCUT2D eigenvalue weighted by molar-refractivity contribution is 0.0704. The van der Waals surface area contributed by atoms with E-state index in [1.165, 1.54) is 0 Å². The first-order valence-corrected chi connectivity index (χ1v) is 9.48.